The SMILES string of the molecule is C=CCNc1cc(C)nc(Nc2ccc(C)c(Cl)c2)n1. The maximum atomic E-state index is 6.11. The van der Waals surface area contributed by atoms with Crippen LogP contribution in [0.15, 0.2) is 36.9 Å². The highest BCUT2D eigenvalue weighted by Crippen LogP contribution is 2.22. The highest BCUT2D eigenvalue weighted by Gasteiger charge is 2.03. The number of nitrogens with one attached hydrogen (secondary N) is 2. The summed E-state index contributed by atoms with van der Waals surface area (Å²) in [5.74, 6) is 1.30. The average Bonchev–Trinajstić information content (AvgIpc) is 2.40. The number of anilines is 3. The van der Waals surface area contributed by atoms with Crippen LogP contribution in [0.3, 0.4) is 0 Å². The first kappa shape index (κ1) is 14.3. The lowest BCUT2D eigenvalue weighted by Gasteiger charge is -2.09. The number of rotatable bonds is 5. The van der Waals surface area contributed by atoms with Crippen molar-refractivity contribution in [2.24, 2.45) is 0 Å². The van der Waals surface area contributed by atoms with Crippen LogP contribution in [-0.2, 0) is 0 Å². The fraction of sp³-hybridized carbons (Fsp3) is 0.200. The predicted octanol–water partition coefficient (Wildman–Crippen LogP) is 4.09. The third kappa shape index (κ3) is 3.71. The fourth-order valence-electron chi connectivity index (χ4n) is 1.69. The average molecular weight is 289 g/mol. The van der Waals surface area contributed by atoms with Gasteiger partial charge in [-0.1, -0.05) is 23.7 Å². The van der Waals surface area contributed by atoms with Crippen LogP contribution in [0.25, 0.3) is 0 Å². The van der Waals surface area contributed by atoms with Gasteiger partial charge in [-0.3, -0.25) is 0 Å². The summed E-state index contributed by atoms with van der Waals surface area (Å²) in [6, 6.07) is 7.65. The Morgan fingerprint density at radius 3 is 2.75 bits per heavy atom. The summed E-state index contributed by atoms with van der Waals surface area (Å²) in [5, 5.41) is 7.02. The first-order valence-electron chi connectivity index (χ1n) is 6.32. The molecule has 0 bridgehead atoms. The molecule has 0 aliphatic rings. The van der Waals surface area contributed by atoms with Crippen LogP contribution < -0.4 is 10.6 Å². The van der Waals surface area contributed by atoms with E-state index in [1.807, 2.05) is 38.1 Å². The summed E-state index contributed by atoms with van der Waals surface area (Å²) in [6.45, 7) is 8.22. The molecule has 0 amide bonds. The van der Waals surface area contributed by atoms with Gasteiger partial charge < -0.3 is 10.6 Å². The highest BCUT2D eigenvalue weighted by atomic mass is 35.5. The second-order valence-corrected chi connectivity index (χ2v) is 4.88. The largest absolute Gasteiger partial charge is 0.366 e. The Balaban J connectivity index is 2.21. The normalized spacial score (nSPS) is 10.2. The monoisotopic (exact) mass is 288 g/mol. The molecular weight excluding hydrogens is 272 g/mol. The maximum Gasteiger partial charge on any atom is 0.229 e. The third-order valence-corrected chi connectivity index (χ3v) is 3.12. The molecule has 2 rings (SSSR count). The number of benzene rings is 1. The Morgan fingerprint density at radius 1 is 1.25 bits per heavy atom. The van der Waals surface area contributed by atoms with Crippen LogP contribution in [0, 0.1) is 13.8 Å². The van der Waals surface area contributed by atoms with Gasteiger partial charge in [0.05, 0.1) is 0 Å². The summed E-state index contributed by atoms with van der Waals surface area (Å²) in [6.07, 6.45) is 1.78. The molecule has 2 N–H and O–H groups in total. The van der Waals surface area contributed by atoms with Gasteiger partial charge in [0.15, 0.2) is 0 Å². The van der Waals surface area contributed by atoms with E-state index in [1.54, 1.807) is 6.08 Å². The van der Waals surface area contributed by atoms with E-state index >= 15 is 0 Å². The molecule has 1 aromatic carbocycles. The molecular formula is C15H17ClN4. The standard InChI is InChI=1S/C15H17ClN4/c1-4-7-17-14-8-11(3)18-15(20-14)19-12-6-5-10(2)13(16)9-12/h4-6,8-9H,1,7H2,2-3H3,(H2,17,18,19,20). The van der Waals surface area contributed by atoms with E-state index < -0.39 is 0 Å². The van der Waals surface area contributed by atoms with Gasteiger partial charge in [-0.2, -0.15) is 4.98 Å². The lowest BCUT2D eigenvalue weighted by molar-refractivity contribution is 1.09. The van der Waals surface area contributed by atoms with E-state index in [1.165, 1.54) is 0 Å². The van der Waals surface area contributed by atoms with E-state index in [4.69, 9.17) is 11.6 Å². The molecule has 20 heavy (non-hydrogen) atoms. The number of hydrogen-bond donors (Lipinski definition) is 2. The smallest absolute Gasteiger partial charge is 0.229 e. The number of aryl methyl sites for hydroxylation is 2. The van der Waals surface area contributed by atoms with Crippen molar-refractivity contribution >= 4 is 29.1 Å². The molecule has 0 unspecified atom stereocenters. The molecule has 0 radical (unpaired) electrons. The minimum Gasteiger partial charge on any atom is -0.366 e. The van der Waals surface area contributed by atoms with E-state index in [2.05, 4.69) is 27.2 Å². The topological polar surface area (TPSA) is 49.8 Å². The highest BCUT2D eigenvalue weighted by molar-refractivity contribution is 6.31. The Bertz CT molecular complexity index is 625. The van der Waals surface area contributed by atoms with Crippen molar-refractivity contribution in [3.63, 3.8) is 0 Å². The molecule has 0 saturated heterocycles. The van der Waals surface area contributed by atoms with Gasteiger partial charge in [-0.25, -0.2) is 4.98 Å². The summed E-state index contributed by atoms with van der Waals surface area (Å²) in [5.41, 5.74) is 2.78. The maximum absolute atomic E-state index is 6.11. The first-order chi connectivity index (χ1) is 9.58. The minimum absolute atomic E-state index is 0.538. The van der Waals surface area contributed by atoms with E-state index in [-0.39, 0.29) is 0 Å². The van der Waals surface area contributed by atoms with Crippen LogP contribution in [0.1, 0.15) is 11.3 Å². The molecule has 1 aromatic heterocycles. The summed E-state index contributed by atoms with van der Waals surface area (Å²) in [7, 11) is 0. The number of aromatic nitrogens is 2. The lowest BCUT2D eigenvalue weighted by Crippen LogP contribution is -2.05. The summed E-state index contributed by atoms with van der Waals surface area (Å²) < 4.78 is 0. The zero-order valence-electron chi connectivity index (χ0n) is 11.6. The van der Waals surface area contributed by atoms with Gasteiger partial charge in [-0.15, -0.1) is 6.58 Å². The first-order valence-corrected chi connectivity index (χ1v) is 6.70. The zero-order valence-corrected chi connectivity index (χ0v) is 12.3. The van der Waals surface area contributed by atoms with Crippen molar-refractivity contribution in [2.45, 2.75) is 13.8 Å². The van der Waals surface area contributed by atoms with Gasteiger partial charge >= 0.3 is 0 Å². The van der Waals surface area contributed by atoms with Crippen LogP contribution in [-0.4, -0.2) is 16.5 Å². The fourth-order valence-corrected chi connectivity index (χ4v) is 1.87. The van der Waals surface area contributed by atoms with E-state index in [0.717, 1.165) is 22.8 Å². The Kier molecular flexibility index (Phi) is 4.58. The molecule has 1 heterocycles. The van der Waals surface area contributed by atoms with Gasteiger partial charge in [0, 0.05) is 29.0 Å². The molecule has 5 heteroatoms. The lowest BCUT2D eigenvalue weighted by atomic mass is 10.2. The molecule has 4 nitrogen and oxygen atoms in total. The second kappa shape index (κ2) is 6.39. The molecule has 0 atom stereocenters. The number of hydrogen-bond acceptors (Lipinski definition) is 4. The quantitative estimate of drug-likeness (QED) is 0.814. The molecule has 0 spiro atoms. The molecule has 2 aromatic rings. The van der Waals surface area contributed by atoms with Gasteiger partial charge in [0.25, 0.3) is 0 Å². The zero-order chi connectivity index (χ0) is 14.5. The van der Waals surface area contributed by atoms with Crippen molar-refractivity contribution in [1.29, 1.82) is 0 Å². The Morgan fingerprint density at radius 2 is 2.05 bits per heavy atom. The summed E-state index contributed by atoms with van der Waals surface area (Å²) >= 11 is 6.11. The third-order valence-electron chi connectivity index (χ3n) is 2.71. The molecule has 104 valence electrons. The Labute approximate surface area is 123 Å². The van der Waals surface area contributed by atoms with E-state index in [0.29, 0.717) is 17.5 Å². The van der Waals surface area contributed by atoms with Gasteiger partial charge in [0.2, 0.25) is 5.95 Å². The van der Waals surface area contributed by atoms with Crippen LogP contribution in [0.5, 0.6) is 0 Å². The molecule has 0 saturated carbocycles. The van der Waals surface area contributed by atoms with E-state index in [9.17, 15) is 0 Å². The molecule has 0 aliphatic carbocycles. The predicted molar refractivity (Wildman–Crippen MR) is 84.9 cm³/mol. The van der Waals surface area contributed by atoms with Crippen molar-refractivity contribution in [2.75, 3.05) is 17.2 Å². The second-order valence-electron chi connectivity index (χ2n) is 4.48. The van der Waals surface area contributed by atoms with Crippen LogP contribution in [0.2, 0.25) is 5.02 Å². The van der Waals surface area contributed by atoms with Crippen LogP contribution >= 0.6 is 11.6 Å². The van der Waals surface area contributed by atoms with Gasteiger partial charge in [0.1, 0.15) is 5.82 Å². The van der Waals surface area contributed by atoms with Crippen molar-refractivity contribution < 1.29 is 0 Å². The van der Waals surface area contributed by atoms with Crippen molar-refractivity contribution in [3.05, 3.63) is 53.2 Å². The molecule has 0 fully saturated rings. The minimum atomic E-state index is 0.538. The van der Waals surface area contributed by atoms with Crippen molar-refractivity contribution in [3.8, 4) is 0 Å². The molecule has 0 aliphatic heterocycles. The summed E-state index contributed by atoms with van der Waals surface area (Å²) in [4.78, 5) is 8.75. The van der Waals surface area contributed by atoms with Gasteiger partial charge in [-0.05, 0) is 31.5 Å². The number of halogens is 1. The number of nitrogens with zero attached hydrogens (tertiary/aromatic N) is 2. The van der Waals surface area contributed by atoms with Crippen LogP contribution in [0.4, 0.5) is 17.5 Å². The van der Waals surface area contributed by atoms with Crippen molar-refractivity contribution in [1.82, 2.24) is 9.97 Å². The Hall–Kier alpha value is -2.07.